The van der Waals surface area contributed by atoms with E-state index in [4.69, 9.17) is 9.26 Å². The lowest BCUT2D eigenvalue weighted by molar-refractivity contribution is 0.00359. The fraction of sp³-hybridized carbons (Fsp3) is 0.818. The molecule has 0 spiro atoms. The first-order valence-electron chi connectivity index (χ1n) is 6.48. The second-order valence-electron chi connectivity index (χ2n) is 4.95. The Hall–Kier alpha value is -1.03. The van der Waals surface area contributed by atoms with Gasteiger partial charge in [-0.05, 0) is 12.8 Å². The molecule has 1 aliphatic heterocycles. The predicted molar refractivity (Wildman–Crippen MR) is 71.0 cm³/mol. The van der Waals surface area contributed by atoms with Crippen LogP contribution in [0.15, 0.2) is 4.52 Å². The fourth-order valence-corrected chi connectivity index (χ4v) is 3.25. The zero-order valence-corrected chi connectivity index (χ0v) is 12.8. The van der Waals surface area contributed by atoms with Gasteiger partial charge in [0.15, 0.2) is 5.82 Å². The summed E-state index contributed by atoms with van der Waals surface area (Å²) in [5, 5.41) is 3.74. The van der Waals surface area contributed by atoms with Gasteiger partial charge in [0.1, 0.15) is 6.61 Å². The van der Waals surface area contributed by atoms with Gasteiger partial charge < -0.3 is 9.26 Å². The molecule has 2 heterocycles. The highest BCUT2D eigenvalue weighted by Gasteiger charge is 2.30. The number of nitrogens with zero attached hydrogens (tertiary/aromatic N) is 4. The summed E-state index contributed by atoms with van der Waals surface area (Å²) < 4.78 is 37.3. The average molecular weight is 304 g/mol. The van der Waals surface area contributed by atoms with E-state index in [1.54, 1.807) is 6.92 Å². The van der Waals surface area contributed by atoms with Crippen LogP contribution in [-0.2, 0) is 21.6 Å². The number of rotatable bonds is 5. The quantitative estimate of drug-likeness (QED) is 0.770. The molecule has 20 heavy (non-hydrogen) atoms. The van der Waals surface area contributed by atoms with Gasteiger partial charge in [0.05, 0.1) is 6.10 Å². The third-order valence-corrected chi connectivity index (χ3v) is 5.05. The molecular formula is C11H20N4O4S. The maximum absolute atomic E-state index is 12.1. The van der Waals surface area contributed by atoms with Gasteiger partial charge in [-0.15, -0.1) is 0 Å². The number of hydrogen-bond acceptors (Lipinski definition) is 6. The van der Waals surface area contributed by atoms with Crippen molar-refractivity contribution in [3.63, 3.8) is 0 Å². The molecule has 1 aromatic rings. The van der Waals surface area contributed by atoms with Crippen LogP contribution in [0.3, 0.4) is 0 Å². The molecule has 1 aromatic heterocycles. The smallest absolute Gasteiger partial charge is 0.281 e. The van der Waals surface area contributed by atoms with Gasteiger partial charge >= 0.3 is 0 Å². The van der Waals surface area contributed by atoms with E-state index >= 15 is 0 Å². The largest absolute Gasteiger partial charge is 0.369 e. The van der Waals surface area contributed by atoms with Gasteiger partial charge in [-0.3, -0.25) is 0 Å². The number of piperidine rings is 1. The van der Waals surface area contributed by atoms with Crippen LogP contribution in [0, 0.1) is 6.92 Å². The molecular weight excluding hydrogens is 284 g/mol. The number of aryl methyl sites for hydroxylation is 1. The molecule has 0 N–H and O–H groups in total. The predicted octanol–water partition coefficient (Wildman–Crippen LogP) is 0.165. The molecule has 2 rings (SSSR count). The maximum Gasteiger partial charge on any atom is 0.281 e. The first-order chi connectivity index (χ1) is 9.39. The van der Waals surface area contributed by atoms with Crippen LogP contribution < -0.4 is 0 Å². The zero-order valence-electron chi connectivity index (χ0n) is 11.9. The highest BCUT2D eigenvalue weighted by molar-refractivity contribution is 7.86. The lowest BCUT2D eigenvalue weighted by Gasteiger charge is -2.33. The van der Waals surface area contributed by atoms with Crippen molar-refractivity contribution in [3.05, 3.63) is 11.7 Å². The average Bonchev–Trinajstić information content (AvgIpc) is 2.82. The van der Waals surface area contributed by atoms with E-state index < -0.39 is 10.2 Å². The highest BCUT2D eigenvalue weighted by atomic mass is 32.2. The zero-order chi connectivity index (χ0) is 14.8. The summed E-state index contributed by atoms with van der Waals surface area (Å²) in [6, 6.07) is 0. The van der Waals surface area contributed by atoms with Gasteiger partial charge in [-0.2, -0.15) is 22.0 Å². The molecule has 8 nitrogen and oxygen atoms in total. The van der Waals surface area contributed by atoms with Crippen molar-refractivity contribution in [2.45, 2.75) is 32.5 Å². The van der Waals surface area contributed by atoms with Crippen molar-refractivity contribution in [2.75, 3.05) is 27.2 Å². The Labute approximate surface area is 118 Å². The third-order valence-electron chi connectivity index (χ3n) is 3.15. The molecule has 0 aromatic carbocycles. The first kappa shape index (κ1) is 15.4. The van der Waals surface area contributed by atoms with Crippen molar-refractivity contribution in [1.82, 2.24) is 18.8 Å². The molecule has 0 bridgehead atoms. The van der Waals surface area contributed by atoms with Gasteiger partial charge in [-0.1, -0.05) is 5.16 Å². The second kappa shape index (κ2) is 6.17. The minimum Gasteiger partial charge on any atom is -0.369 e. The molecule has 1 saturated heterocycles. The Morgan fingerprint density at radius 2 is 2.25 bits per heavy atom. The highest BCUT2D eigenvalue weighted by Crippen LogP contribution is 2.18. The van der Waals surface area contributed by atoms with Crippen LogP contribution in [0.4, 0.5) is 0 Å². The minimum atomic E-state index is -3.37. The maximum atomic E-state index is 12.1. The van der Waals surface area contributed by atoms with Crippen molar-refractivity contribution in [3.8, 4) is 0 Å². The van der Waals surface area contributed by atoms with Crippen LogP contribution in [0.5, 0.6) is 0 Å². The van der Waals surface area contributed by atoms with Crippen molar-refractivity contribution < 1.29 is 17.7 Å². The Morgan fingerprint density at radius 1 is 1.50 bits per heavy atom. The lowest BCUT2D eigenvalue weighted by atomic mass is 10.1. The molecule has 1 aliphatic rings. The molecule has 114 valence electrons. The third kappa shape index (κ3) is 3.54. The van der Waals surface area contributed by atoms with E-state index in [9.17, 15) is 8.42 Å². The first-order valence-corrected chi connectivity index (χ1v) is 7.87. The van der Waals surface area contributed by atoms with Crippen LogP contribution in [0.2, 0.25) is 0 Å². The van der Waals surface area contributed by atoms with Crippen LogP contribution in [0.25, 0.3) is 0 Å². The molecule has 1 atom stereocenters. The standard InChI is InChI=1S/C11H20N4O4S/c1-9-12-11(13-19-9)8-18-10-5-4-6-15(7-10)20(16,17)14(2)3/h10H,4-8H2,1-3H3. The normalized spacial score (nSPS) is 21.5. The summed E-state index contributed by atoms with van der Waals surface area (Å²) in [4.78, 5) is 4.05. The van der Waals surface area contributed by atoms with E-state index in [0.29, 0.717) is 24.8 Å². The lowest BCUT2D eigenvalue weighted by Crippen LogP contribution is -2.47. The number of aromatic nitrogens is 2. The Morgan fingerprint density at radius 3 is 2.85 bits per heavy atom. The van der Waals surface area contributed by atoms with Crippen LogP contribution in [0.1, 0.15) is 24.6 Å². The molecule has 0 amide bonds. The van der Waals surface area contributed by atoms with Crippen LogP contribution in [-0.4, -0.2) is 60.5 Å². The van der Waals surface area contributed by atoms with E-state index in [0.717, 1.165) is 12.8 Å². The Balaban J connectivity index is 1.91. The fourth-order valence-electron chi connectivity index (χ4n) is 2.07. The van der Waals surface area contributed by atoms with E-state index in [1.165, 1.54) is 22.7 Å². The molecule has 1 fully saturated rings. The van der Waals surface area contributed by atoms with E-state index in [-0.39, 0.29) is 12.7 Å². The summed E-state index contributed by atoms with van der Waals surface area (Å²) in [7, 11) is -0.315. The molecule has 0 aliphatic carbocycles. The Bertz CT molecular complexity index is 542. The topological polar surface area (TPSA) is 88.8 Å². The molecule has 9 heteroatoms. The number of ether oxygens (including phenoxy) is 1. The van der Waals surface area contributed by atoms with Crippen molar-refractivity contribution >= 4 is 10.2 Å². The molecule has 1 unspecified atom stereocenters. The van der Waals surface area contributed by atoms with Gasteiger partial charge in [-0.25, -0.2) is 0 Å². The summed E-state index contributed by atoms with van der Waals surface area (Å²) in [6.45, 7) is 2.83. The summed E-state index contributed by atoms with van der Waals surface area (Å²) in [5.74, 6) is 0.971. The number of hydrogen-bond donors (Lipinski definition) is 0. The Kier molecular flexibility index (Phi) is 4.74. The van der Waals surface area contributed by atoms with Gasteiger partial charge in [0.2, 0.25) is 5.89 Å². The molecule has 0 saturated carbocycles. The van der Waals surface area contributed by atoms with Gasteiger partial charge in [0.25, 0.3) is 10.2 Å². The second-order valence-corrected chi connectivity index (χ2v) is 7.10. The van der Waals surface area contributed by atoms with E-state index in [1.807, 2.05) is 0 Å². The summed E-state index contributed by atoms with van der Waals surface area (Å²) in [5.41, 5.74) is 0. The summed E-state index contributed by atoms with van der Waals surface area (Å²) in [6.07, 6.45) is 1.47. The molecule has 0 radical (unpaired) electrons. The van der Waals surface area contributed by atoms with Crippen molar-refractivity contribution in [2.24, 2.45) is 0 Å². The van der Waals surface area contributed by atoms with E-state index in [2.05, 4.69) is 10.1 Å². The SMILES string of the molecule is Cc1nc(COC2CCCN(S(=O)(=O)N(C)C)C2)no1. The van der Waals surface area contributed by atoms with Crippen LogP contribution >= 0.6 is 0 Å². The summed E-state index contributed by atoms with van der Waals surface area (Å²) >= 11 is 0. The monoisotopic (exact) mass is 304 g/mol. The van der Waals surface area contributed by atoms with Gasteiger partial charge in [0, 0.05) is 34.1 Å². The van der Waals surface area contributed by atoms with Crippen molar-refractivity contribution in [1.29, 1.82) is 0 Å². The minimum absolute atomic E-state index is 0.141.